The summed E-state index contributed by atoms with van der Waals surface area (Å²) in [6.07, 6.45) is 10.00. The first-order valence-corrected chi connectivity index (χ1v) is 9.46. The largest absolute Gasteiger partial charge is 0.317 e. The van der Waals surface area contributed by atoms with E-state index in [1.165, 1.54) is 44.8 Å². The van der Waals surface area contributed by atoms with Crippen molar-refractivity contribution in [2.24, 2.45) is 11.8 Å². The van der Waals surface area contributed by atoms with Crippen molar-refractivity contribution in [3.8, 4) is 0 Å². The van der Waals surface area contributed by atoms with Crippen molar-refractivity contribution in [1.82, 2.24) is 9.62 Å². The van der Waals surface area contributed by atoms with Gasteiger partial charge >= 0.3 is 0 Å². The van der Waals surface area contributed by atoms with E-state index in [9.17, 15) is 8.42 Å². The van der Waals surface area contributed by atoms with E-state index in [4.69, 9.17) is 0 Å². The van der Waals surface area contributed by atoms with Gasteiger partial charge in [0.05, 0.1) is 6.26 Å². The molecule has 0 aromatic carbocycles. The molecule has 0 amide bonds. The molecule has 2 aliphatic rings. The molecule has 3 unspecified atom stereocenters. The fourth-order valence-electron chi connectivity index (χ4n) is 3.76. The molecule has 1 heterocycles. The van der Waals surface area contributed by atoms with Crippen LogP contribution < -0.4 is 5.32 Å². The maximum Gasteiger partial charge on any atom is 0.211 e. The van der Waals surface area contributed by atoms with Crippen molar-refractivity contribution in [3.05, 3.63) is 0 Å². The lowest BCUT2D eigenvalue weighted by molar-refractivity contribution is 0.195. The van der Waals surface area contributed by atoms with Gasteiger partial charge in [0.1, 0.15) is 0 Å². The number of hydrogen-bond acceptors (Lipinski definition) is 3. The average molecular weight is 288 g/mol. The van der Waals surface area contributed by atoms with Gasteiger partial charge in [0.15, 0.2) is 0 Å². The maximum atomic E-state index is 11.6. The summed E-state index contributed by atoms with van der Waals surface area (Å²) >= 11 is 0. The number of rotatable bonds is 4. The van der Waals surface area contributed by atoms with E-state index in [2.05, 4.69) is 12.4 Å². The molecule has 2 rings (SSSR count). The van der Waals surface area contributed by atoms with E-state index in [1.807, 2.05) is 0 Å². The minimum Gasteiger partial charge on any atom is -0.317 e. The zero-order valence-electron chi connectivity index (χ0n) is 12.3. The van der Waals surface area contributed by atoms with Crippen LogP contribution in [0.5, 0.6) is 0 Å². The molecule has 1 aliphatic carbocycles. The van der Waals surface area contributed by atoms with Crippen LogP contribution in [0.25, 0.3) is 0 Å². The lowest BCUT2D eigenvalue weighted by Gasteiger charge is -2.35. The Balaban J connectivity index is 1.85. The Morgan fingerprint density at radius 2 is 1.89 bits per heavy atom. The summed E-state index contributed by atoms with van der Waals surface area (Å²) in [5, 5.41) is 3.40. The van der Waals surface area contributed by atoms with Gasteiger partial charge < -0.3 is 5.32 Å². The second-order valence-electron chi connectivity index (χ2n) is 6.38. The second kappa shape index (κ2) is 6.55. The molecule has 3 atom stereocenters. The van der Waals surface area contributed by atoms with Crippen molar-refractivity contribution in [2.45, 2.75) is 51.0 Å². The Morgan fingerprint density at radius 1 is 1.16 bits per heavy atom. The second-order valence-corrected chi connectivity index (χ2v) is 8.37. The Kier molecular flexibility index (Phi) is 5.26. The van der Waals surface area contributed by atoms with Crippen LogP contribution in [-0.2, 0) is 10.0 Å². The lowest BCUT2D eigenvalue weighted by Crippen LogP contribution is -2.40. The number of nitrogens with one attached hydrogen (secondary N) is 1. The standard InChI is InChI=1S/C14H28N2O2S/c1-15-14-7-3-5-12(10-14)9-13-6-4-8-16(11-13)19(2,17)18/h12-15H,3-11H2,1-2H3. The quantitative estimate of drug-likeness (QED) is 0.858. The molecule has 4 nitrogen and oxygen atoms in total. The summed E-state index contributed by atoms with van der Waals surface area (Å²) in [5.74, 6) is 1.36. The molecule has 1 N–H and O–H groups in total. The molecule has 19 heavy (non-hydrogen) atoms. The molecule has 0 bridgehead atoms. The minimum atomic E-state index is -2.99. The number of nitrogens with zero attached hydrogens (tertiary/aromatic N) is 1. The van der Waals surface area contributed by atoms with Gasteiger partial charge in [-0.25, -0.2) is 12.7 Å². The lowest BCUT2D eigenvalue weighted by atomic mass is 9.79. The first kappa shape index (κ1) is 15.3. The van der Waals surface area contributed by atoms with Crippen LogP contribution >= 0.6 is 0 Å². The van der Waals surface area contributed by atoms with Crippen LogP contribution in [0, 0.1) is 11.8 Å². The Labute approximate surface area is 118 Å². The molecule has 5 heteroatoms. The van der Waals surface area contributed by atoms with Crippen molar-refractivity contribution in [1.29, 1.82) is 0 Å². The van der Waals surface area contributed by atoms with Gasteiger partial charge in [0.2, 0.25) is 10.0 Å². The number of sulfonamides is 1. The van der Waals surface area contributed by atoms with Crippen molar-refractivity contribution in [3.63, 3.8) is 0 Å². The highest BCUT2D eigenvalue weighted by atomic mass is 32.2. The summed E-state index contributed by atoms with van der Waals surface area (Å²) in [6.45, 7) is 1.47. The molecule has 1 aliphatic heterocycles. The third kappa shape index (κ3) is 4.43. The summed E-state index contributed by atoms with van der Waals surface area (Å²) in [7, 11) is -0.939. The highest BCUT2D eigenvalue weighted by Crippen LogP contribution is 2.32. The van der Waals surface area contributed by atoms with Crippen LogP contribution in [0.1, 0.15) is 44.9 Å². The molecule has 1 saturated carbocycles. The summed E-state index contributed by atoms with van der Waals surface area (Å²) in [4.78, 5) is 0. The zero-order chi connectivity index (χ0) is 13.9. The Hall–Kier alpha value is -0.130. The highest BCUT2D eigenvalue weighted by molar-refractivity contribution is 7.88. The Morgan fingerprint density at radius 3 is 2.58 bits per heavy atom. The third-order valence-corrected chi connectivity index (χ3v) is 6.08. The van der Waals surface area contributed by atoms with Crippen LogP contribution in [0.15, 0.2) is 0 Å². The predicted molar refractivity (Wildman–Crippen MR) is 78.6 cm³/mol. The zero-order valence-corrected chi connectivity index (χ0v) is 13.1. The van der Waals surface area contributed by atoms with Gasteiger partial charge in [-0.1, -0.05) is 12.8 Å². The van der Waals surface area contributed by atoms with E-state index in [0.29, 0.717) is 12.0 Å². The monoisotopic (exact) mass is 288 g/mol. The topological polar surface area (TPSA) is 49.4 Å². The normalized spacial score (nSPS) is 34.3. The first-order chi connectivity index (χ1) is 8.99. The molecule has 0 radical (unpaired) electrons. The van der Waals surface area contributed by atoms with Gasteiger partial charge in [0.25, 0.3) is 0 Å². The molecule has 0 aromatic heterocycles. The average Bonchev–Trinajstić information content (AvgIpc) is 2.38. The Bertz CT molecular complexity index is 383. The van der Waals surface area contributed by atoms with Crippen molar-refractivity contribution >= 4 is 10.0 Å². The SMILES string of the molecule is CNC1CCCC(CC2CCCN(S(C)(=O)=O)C2)C1. The van der Waals surface area contributed by atoms with Gasteiger partial charge in [-0.3, -0.25) is 0 Å². The summed E-state index contributed by atoms with van der Waals surface area (Å²) in [6, 6.07) is 0.674. The van der Waals surface area contributed by atoms with E-state index < -0.39 is 10.0 Å². The smallest absolute Gasteiger partial charge is 0.211 e. The van der Waals surface area contributed by atoms with E-state index in [0.717, 1.165) is 25.4 Å². The highest BCUT2D eigenvalue weighted by Gasteiger charge is 2.29. The molecule has 1 saturated heterocycles. The molecule has 0 spiro atoms. The van der Waals surface area contributed by atoms with Crippen LogP contribution in [-0.4, -0.2) is 45.2 Å². The van der Waals surface area contributed by atoms with Crippen molar-refractivity contribution < 1.29 is 8.42 Å². The van der Waals surface area contributed by atoms with Gasteiger partial charge in [-0.15, -0.1) is 0 Å². The van der Waals surface area contributed by atoms with E-state index in [1.54, 1.807) is 4.31 Å². The summed E-state index contributed by atoms with van der Waals surface area (Å²) < 4.78 is 25.0. The van der Waals surface area contributed by atoms with Crippen molar-refractivity contribution in [2.75, 3.05) is 26.4 Å². The van der Waals surface area contributed by atoms with E-state index in [-0.39, 0.29) is 0 Å². The van der Waals surface area contributed by atoms with Gasteiger partial charge in [-0.05, 0) is 51.0 Å². The predicted octanol–water partition coefficient (Wildman–Crippen LogP) is 1.83. The molecule has 2 fully saturated rings. The summed E-state index contributed by atoms with van der Waals surface area (Å²) in [5.41, 5.74) is 0. The first-order valence-electron chi connectivity index (χ1n) is 7.61. The molecular formula is C14H28N2O2S. The molecule has 112 valence electrons. The maximum absolute atomic E-state index is 11.6. The molecule has 0 aromatic rings. The fraction of sp³-hybridized carbons (Fsp3) is 1.00. The number of hydrogen-bond donors (Lipinski definition) is 1. The van der Waals surface area contributed by atoms with Gasteiger partial charge in [-0.2, -0.15) is 0 Å². The number of piperidine rings is 1. The molecular weight excluding hydrogens is 260 g/mol. The van der Waals surface area contributed by atoms with Crippen LogP contribution in [0.3, 0.4) is 0 Å². The van der Waals surface area contributed by atoms with E-state index >= 15 is 0 Å². The van der Waals surface area contributed by atoms with Crippen LogP contribution in [0.4, 0.5) is 0 Å². The minimum absolute atomic E-state index is 0.573. The van der Waals surface area contributed by atoms with Crippen LogP contribution in [0.2, 0.25) is 0 Å². The fourth-order valence-corrected chi connectivity index (χ4v) is 4.70. The third-order valence-electron chi connectivity index (χ3n) is 4.81. The van der Waals surface area contributed by atoms with Gasteiger partial charge in [0, 0.05) is 19.1 Å².